The lowest BCUT2D eigenvalue weighted by atomic mass is 9.73. The number of nitrogens with one attached hydrogen (secondary N) is 1. The Kier molecular flexibility index (Phi) is 3.56. The summed E-state index contributed by atoms with van der Waals surface area (Å²) in [6, 6.07) is 5.65. The molecule has 1 aliphatic rings. The Balaban J connectivity index is 2.12. The molecule has 90 valence electrons. The second-order valence-corrected chi connectivity index (χ2v) is 3.87. The molecule has 1 heterocycles. The number of nitrogens with two attached hydrogens (primary N) is 1. The summed E-state index contributed by atoms with van der Waals surface area (Å²) in [5, 5.41) is 9.69. The Hall–Kier alpha value is -1.66. The van der Waals surface area contributed by atoms with Crippen LogP contribution in [0.3, 0.4) is 0 Å². The number of hydrogen-bond acceptors (Lipinski definition) is 5. The van der Waals surface area contributed by atoms with Gasteiger partial charge in [0.25, 0.3) is 0 Å². The smallest absolute Gasteiger partial charge is 0.423 e. The lowest BCUT2D eigenvalue weighted by Crippen LogP contribution is -2.41. The average Bonchev–Trinajstić information content (AvgIpc) is 2.36. The van der Waals surface area contributed by atoms with Gasteiger partial charge in [0.15, 0.2) is 0 Å². The summed E-state index contributed by atoms with van der Waals surface area (Å²) in [6.07, 6.45) is 2.18. The minimum atomic E-state index is -0.855. The van der Waals surface area contributed by atoms with Crippen molar-refractivity contribution in [2.45, 2.75) is 13.3 Å². The summed E-state index contributed by atoms with van der Waals surface area (Å²) < 4.78 is 5.16. The van der Waals surface area contributed by atoms with E-state index >= 15 is 0 Å². The van der Waals surface area contributed by atoms with Crippen LogP contribution in [0.15, 0.2) is 30.2 Å². The molecule has 0 aromatic heterocycles. The number of hydrogen-bond donors (Lipinski definition) is 3. The van der Waals surface area contributed by atoms with E-state index < -0.39 is 7.12 Å². The number of benzene rings is 1. The highest BCUT2D eigenvalue weighted by atomic mass is 16.6. The van der Waals surface area contributed by atoms with Crippen LogP contribution >= 0.6 is 0 Å². The fourth-order valence-electron chi connectivity index (χ4n) is 1.66. The van der Waals surface area contributed by atoms with E-state index in [0.717, 1.165) is 23.1 Å². The Morgan fingerprint density at radius 3 is 3.24 bits per heavy atom. The molecule has 1 aromatic rings. The van der Waals surface area contributed by atoms with Crippen molar-refractivity contribution in [1.82, 2.24) is 0 Å². The molecule has 6 heteroatoms. The highest BCUT2D eigenvalue weighted by Gasteiger charge is 2.24. The molecule has 5 nitrogen and oxygen atoms in total. The Morgan fingerprint density at radius 2 is 2.47 bits per heavy atom. The van der Waals surface area contributed by atoms with E-state index in [2.05, 4.69) is 5.48 Å². The van der Waals surface area contributed by atoms with E-state index in [4.69, 9.17) is 15.2 Å². The molecular formula is C11H15BN2O3. The Labute approximate surface area is 100 Å². The molecule has 0 saturated heterocycles. The van der Waals surface area contributed by atoms with Gasteiger partial charge in [0.2, 0.25) is 0 Å². The molecule has 0 fully saturated rings. The van der Waals surface area contributed by atoms with Crippen LogP contribution in [0, 0.1) is 0 Å². The molecule has 0 spiro atoms. The molecule has 0 radical (unpaired) electrons. The molecule has 0 bridgehead atoms. The summed E-state index contributed by atoms with van der Waals surface area (Å²) >= 11 is 0. The van der Waals surface area contributed by atoms with Gasteiger partial charge in [-0.25, -0.2) is 5.48 Å². The maximum atomic E-state index is 9.69. The summed E-state index contributed by atoms with van der Waals surface area (Å²) in [7, 11) is -0.855. The molecular weight excluding hydrogens is 219 g/mol. The minimum absolute atomic E-state index is 0.548. The van der Waals surface area contributed by atoms with E-state index in [-0.39, 0.29) is 0 Å². The van der Waals surface area contributed by atoms with Gasteiger partial charge in [-0.2, -0.15) is 0 Å². The van der Waals surface area contributed by atoms with Crippen molar-refractivity contribution in [1.29, 1.82) is 0 Å². The van der Waals surface area contributed by atoms with Crippen LogP contribution in [-0.4, -0.2) is 18.7 Å². The van der Waals surface area contributed by atoms with Gasteiger partial charge >= 0.3 is 7.12 Å². The van der Waals surface area contributed by atoms with Crippen molar-refractivity contribution in [3.63, 3.8) is 0 Å². The van der Waals surface area contributed by atoms with Gasteiger partial charge in [0, 0.05) is 12.8 Å². The lowest BCUT2D eigenvalue weighted by molar-refractivity contribution is 0.266. The van der Waals surface area contributed by atoms with Crippen LogP contribution in [0.25, 0.3) is 0 Å². The first-order valence-corrected chi connectivity index (χ1v) is 5.44. The molecule has 0 unspecified atom stereocenters. The SMILES string of the molecule is C/C(=C\N)ONc1ccc2c(c1)B(O)OCC2. The average molecular weight is 234 g/mol. The first-order chi connectivity index (χ1) is 8.20. The van der Waals surface area contributed by atoms with Crippen molar-refractivity contribution < 1.29 is 14.5 Å². The molecule has 4 N–H and O–H groups in total. The molecule has 2 rings (SSSR count). The van der Waals surface area contributed by atoms with Crippen LogP contribution in [0.4, 0.5) is 5.69 Å². The van der Waals surface area contributed by atoms with Gasteiger partial charge in [-0.1, -0.05) is 6.07 Å². The molecule has 0 saturated carbocycles. The van der Waals surface area contributed by atoms with Gasteiger partial charge < -0.3 is 20.2 Å². The fourth-order valence-corrected chi connectivity index (χ4v) is 1.66. The molecule has 0 atom stereocenters. The quantitative estimate of drug-likeness (QED) is 0.393. The molecule has 0 aliphatic carbocycles. The standard InChI is InChI=1S/C11H15BN2O3/c1-8(7-13)17-14-10-3-2-9-4-5-16-12(15)11(9)6-10/h2-3,6-7,14-15H,4-5,13H2,1H3/b8-7+. The molecule has 1 aromatic carbocycles. The van der Waals surface area contributed by atoms with Crippen molar-refractivity contribution in [3.8, 4) is 0 Å². The summed E-state index contributed by atoms with van der Waals surface area (Å²) in [6.45, 7) is 2.29. The van der Waals surface area contributed by atoms with Crippen molar-refractivity contribution >= 4 is 18.3 Å². The maximum Gasteiger partial charge on any atom is 0.491 e. The summed E-state index contributed by atoms with van der Waals surface area (Å²) in [5.74, 6) is 0.569. The van der Waals surface area contributed by atoms with E-state index in [9.17, 15) is 5.02 Å². The van der Waals surface area contributed by atoms with E-state index in [1.807, 2.05) is 18.2 Å². The topological polar surface area (TPSA) is 76.7 Å². The predicted octanol–water partition coefficient (Wildman–Crippen LogP) is 0.110. The third kappa shape index (κ3) is 2.72. The zero-order chi connectivity index (χ0) is 12.3. The third-order valence-electron chi connectivity index (χ3n) is 2.62. The predicted molar refractivity (Wildman–Crippen MR) is 66.4 cm³/mol. The fraction of sp³-hybridized carbons (Fsp3) is 0.273. The number of allylic oxidation sites excluding steroid dienone is 1. The van der Waals surface area contributed by atoms with Crippen molar-refractivity contribution in [3.05, 3.63) is 35.7 Å². The molecule has 17 heavy (non-hydrogen) atoms. The van der Waals surface area contributed by atoms with Crippen LogP contribution in [0.1, 0.15) is 12.5 Å². The van der Waals surface area contributed by atoms with Gasteiger partial charge in [-0.05, 0) is 36.5 Å². The lowest BCUT2D eigenvalue weighted by Gasteiger charge is -2.20. The minimum Gasteiger partial charge on any atom is -0.423 e. The van der Waals surface area contributed by atoms with Gasteiger partial charge in [0.1, 0.15) is 5.76 Å². The van der Waals surface area contributed by atoms with E-state index in [1.54, 1.807) is 6.92 Å². The zero-order valence-corrected chi connectivity index (χ0v) is 9.64. The third-order valence-corrected chi connectivity index (χ3v) is 2.62. The zero-order valence-electron chi connectivity index (χ0n) is 9.64. The summed E-state index contributed by atoms with van der Waals surface area (Å²) in [5.41, 5.74) is 10.7. The Bertz CT molecular complexity index is 437. The van der Waals surface area contributed by atoms with Crippen LogP contribution in [-0.2, 0) is 15.9 Å². The van der Waals surface area contributed by atoms with Crippen LogP contribution < -0.4 is 16.7 Å². The first kappa shape index (κ1) is 11.8. The van der Waals surface area contributed by atoms with Crippen molar-refractivity contribution in [2.24, 2.45) is 5.73 Å². The van der Waals surface area contributed by atoms with E-state index in [0.29, 0.717) is 12.4 Å². The summed E-state index contributed by atoms with van der Waals surface area (Å²) in [4.78, 5) is 5.17. The molecule has 0 amide bonds. The second kappa shape index (κ2) is 5.12. The monoisotopic (exact) mass is 234 g/mol. The van der Waals surface area contributed by atoms with Gasteiger partial charge in [0.05, 0.1) is 5.69 Å². The van der Waals surface area contributed by atoms with E-state index in [1.165, 1.54) is 6.20 Å². The van der Waals surface area contributed by atoms with Crippen LogP contribution in [0.5, 0.6) is 0 Å². The first-order valence-electron chi connectivity index (χ1n) is 5.44. The van der Waals surface area contributed by atoms with Crippen molar-refractivity contribution in [2.75, 3.05) is 12.1 Å². The number of anilines is 1. The number of rotatable bonds is 3. The Morgan fingerprint density at radius 1 is 1.65 bits per heavy atom. The highest BCUT2D eigenvalue weighted by molar-refractivity contribution is 6.61. The second-order valence-electron chi connectivity index (χ2n) is 3.87. The molecule has 1 aliphatic heterocycles. The highest BCUT2D eigenvalue weighted by Crippen LogP contribution is 2.13. The maximum absolute atomic E-state index is 9.69. The largest absolute Gasteiger partial charge is 0.491 e. The van der Waals surface area contributed by atoms with Gasteiger partial charge in [-0.15, -0.1) is 0 Å². The number of fused-ring (bicyclic) bond motifs is 1. The normalized spacial score (nSPS) is 15.4. The van der Waals surface area contributed by atoms with Gasteiger partial charge in [-0.3, -0.25) is 0 Å². The van der Waals surface area contributed by atoms with Crippen LogP contribution in [0.2, 0.25) is 0 Å².